The topological polar surface area (TPSA) is 0 Å². The quantitative estimate of drug-likeness (QED) is 0.511. The van der Waals surface area contributed by atoms with E-state index < -0.39 is 0 Å². The van der Waals surface area contributed by atoms with E-state index in [1.54, 1.807) is 6.07 Å². The van der Waals surface area contributed by atoms with Crippen LogP contribution >= 0.6 is 27.5 Å². The first kappa shape index (κ1) is 13.4. The van der Waals surface area contributed by atoms with Gasteiger partial charge in [0.25, 0.3) is 0 Å². The Morgan fingerprint density at radius 1 is 1.29 bits per heavy atom. The van der Waals surface area contributed by atoms with Gasteiger partial charge in [0.15, 0.2) is 0 Å². The highest BCUT2D eigenvalue weighted by Crippen LogP contribution is 2.30. The molecule has 3 heteroatoms. The Balaban J connectivity index is 2.03. The van der Waals surface area contributed by atoms with Gasteiger partial charge in [0.2, 0.25) is 0 Å². The van der Waals surface area contributed by atoms with Gasteiger partial charge in [0, 0.05) is 9.85 Å². The number of hydrogen-bond donors (Lipinski definition) is 0. The second-order valence-electron chi connectivity index (χ2n) is 4.92. The van der Waals surface area contributed by atoms with Crippen LogP contribution in [0.3, 0.4) is 0 Å². The fourth-order valence-corrected chi connectivity index (χ4v) is 3.32. The number of rotatable bonds is 2. The second-order valence-corrected chi connectivity index (χ2v) is 6.46. The Morgan fingerprint density at radius 3 is 2.82 bits per heavy atom. The third kappa shape index (κ3) is 3.96. The molecule has 1 aromatic rings. The van der Waals surface area contributed by atoms with Crippen molar-refractivity contribution in [1.29, 1.82) is 0 Å². The van der Waals surface area contributed by atoms with Crippen LogP contribution in [-0.4, -0.2) is 5.38 Å². The zero-order chi connectivity index (χ0) is 12.3. The molecule has 0 saturated heterocycles. The average Bonchev–Trinajstić information content (AvgIpc) is 2.47. The van der Waals surface area contributed by atoms with E-state index in [1.165, 1.54) is 19.3 Å². The van der Waals surface area contributed by atoms with Crippen molar-refractivity contribution in [2.45, 2.75) is 43.9 Å². The van der Waals surface area contributed by atoms with E-state index in [0.717, 1.165) is 29.3 Å². The van der Waals surface area contributed by atoms with E-state index in [-0.39, 0.29) is 11.2 Å². The molecule has 94 valence electrons. The predicted octanol–water partition coefficient (Wildman–Crippen LogP) is 5.32. The van der Waals surface area contributed by atoms with E-state index in [2.05, 4.69) is 15.9 Å². The molecule has 0 aromatic heterocycles. The van der Waals surface area contributed by atoms with E-state index >= 15 is 0 Å². The smallest absolute Gasteiger partial charge is 0.127 e. The molecule has 1 saturated carbocycles. The lowest BCUT2D eigenvalue weighted by molar-refractivity contribution is 0.450. The number of alkyl halides is 1. The van der Waals surface area contributed by atoms with Crippen molar-refractivity contribution in [3.63, 3.8) is 0 Å². The lowest BCUT2D eigenvalue weighted by atomic mass is 9.92. The van der Waals surface area contributed by atoms with Crippen LogP contribution < -0.4 is 0 Å². The largest absolute Gasteiger partial charge is 0.207 e. The normalized spacial score (nSPS) is 25.6. The van der Waals surface area contributed by atoms with Gasteiger partial charge in [-0.1, -0.05) is 41.3 Å². The highest BCUT2D eigenvalue weighted by atomic mass is 79.9. The minimum Gasteiger partial charge on any atom is -0.207 e. The first-order valence-electron chi connectivity index (χ1n) is 6.23. The summed E-state index contributed by atoms with van der Waals surface area (Å²) in [7, 11) is 0. The van der Waals surface area contributed by atoms with Gasteiger partial charge in [-0.2, -0.15) is 0 Å². The van der Waals surface area contributed by atoms with Gasteiger partial charge >= 0.3 is 0 Å². The minimum atomic E-state index is -0.102. The number of halogens is 3. The Hall–Kier alpha value is -0.0800. The van der Waals surface area contributed by atoms with Crippen molar-refractivity contribution in [2.24, 2.45) is 5.92 Å². The van der Waals surface area contributed by atoms with Crippen LogP contribution in [0, 0.1) is 11.7 Å². The standard InChI is InChI=1S/C14H17BrClF/c15-12-6-5-11(14(17)9-12)7-10-3-1-2-4-13(16)8-10/h5-6,9-10,13H,1-4,7-8H2. The molecule has 1 aliphatic rings. The summed E-state index contributed by atoms with van der Waals surface area (Å²) < 4.78 is 14.5. The Labute approximate surface area is 116 Å². The van der Waals surface area contributed by atoms with Gasteiger partial charge in [-0.25, -0.2) is 4.39 Å². The molecular formula is C14H17BrClF. The number of hydrogen-bond acceptors (Lipinski definition) is 0. The van der Waals surface area contributed by atoms with Crippen LogP contribution in [0.2, 0.25) is 0 Å². The van der Waals surface area contributed by atoms with Gasteiger partial charge in [-0.3, -0.25) is 0 Å². The molecule has 0 heterocycles. The van der Waals surface area contributed by atoms with Crippen molar-refractivity contribution >= 4 is 27.5 Å². The first-order valence-corrected chi connectivity index (χ1v) is 7.46. The van der Waals surface area contributed by atoms with Gasteiger partial charge < -0.3 is 0 Å². The molecule has 17 heavy (non-hydrogen) atoms. The van der Waals surface area contributed by atoms with Crippen molar-refractivity contribution < 1.29 is 4.39 Å². The zero-order valence-electron chi connectivity index (χ0n) is 9.76. The van der Waals surface area contributed by atoms with Crippen LogP contribution in [-0.2, 0) is 6.42 Å². The zero-order valence-corrected chi connectivity index (χ0v) is 12.1. The summed E-state index contributed by atoms with van der Waals surface area (Å²) in [5, 5.41) is 0.279. The molecule has 0 N–H and O–H groups in total. The molecule has 0 aliphatic heterocycles. The summed E-state index contributed by atoms with van der Waals surface area (Å²) in [4.78, 5) is 0. The van der Waals surface area contributed by atoms with Crippen LogP contribution in [0.5, 0.6) is 0 Å². The maximum atomic E-state index is 13.7. The maximum Gasteiger partial charge on any atom is 0.127 e. The Morgan fingerprint density at radius 2 is 2.06 bits per heavy atom. The summed E-state index contributed by atoms with van der Waals surface area (Å²) in [6.07, 6.45) is 6.58. The molecule has 0 amide bonds. The van der Waals surface area contributed by atoms with Crippen LogP contribution in [0.15, 0.2) is 22.7 Å². The van der Waals surface area contributed by atoms with Gasteiger partial charge in [0.1, 0.15) is 5.82 Å². The van der Waals surface area contributed by atoms with Crippen LogP contribution in [0.25, 0.3) is 0 Å². The van der Waals surface area contributed by atoms with Crippen molar-refractivity contribution in [3.05, 3.63) is 34.1 Å². The molecule has 2 unspecified atom stereocenters. The lowest BCUT2D eigenvalue weighted by Gasteiger charge is -2.16. The maximum absolute atomic E-state index is 13.7. The lowest BCUT2D eigenvalue weighted by Crippen LogP contribution is -2.09. The van der Waals surface area contributed by atoms with E-state index in [1.807, 2.05) is 12.1 Å². The van der Waals surface area contributed by atoms with E-state index in [0.29, 0.717) is 5.92 Å². The molecule has 0 bridgehead atoms. The molecule has 2 rings (SSSR count). The summed E-state index contributed by atoms with van der Waals surface area (Å²) in [5.74, 6) is 0.436. The van der Waals surface area contributed by atoms with Crippen LogP contribution in [0.4, 0.5) is 4.39 Å². The SMILES string of the molecule is Fc1cc(Br)ccc1CC1CCCCC(Cl)C1. The van der Waals surface area contributed by atoms with E-state index in [9.17, 15) is 4.39 Å². The Kier molecular flexibility index (Phi) is 4.87. The molecule has 2 atom stereocenters. The number of benzene rings is 1. The fraction of sp³-hybridized carbons (Fsp3) is 0.571. The second kappa shape index (κ2) is 6.19. The third-order valence-corrected chi connectivity index (χ3v) is 4.38. The molecule has 1 aliphatic carbocycles. The molecule has 0 nitrogen and oxygen atoms in total. The molecular weight excluding hydrogens is 303 g/mol. The third-order valence-electron chi connectivity index (χ3n) is 3.49. The highest BCUT2D eigenvalue weighted by Gasteiger charge is 2.19. The Bertz CT molecular complexity index is 380. The summed E-state index contributed by atoms with van der Waals surface area (Å²) in [6.45, 7) is 0. The molecule has 0 spiro atoms. The van der Waals surface area contributed by atoms with Gasteiger partial charge in [-0.05, 0) is 42.9 Å². The van der Waals surface area contributed by atoms with Crippen LogP contribution in [0.1, 0.15) is 37.7 Å². The summed E-state index contributed by atoms with van der Waals surface area (Å²) in [6, 6.07) is 5.34. The predicted molar refractivity (Wildman–Crippen MR) is 74.0 cm³/mol. The van der Waals surface area contributed by atoms with Gasteiger partial charge in [0.05, 0.1) is 0 Å². The average molecular weight is 320 g/mol. The minimum absolute atomic E-state index is 0.102. The molecule has 0 radical (unpaired) electrons. The van der Waals surface area contributed by atoms with E-state index in [4.69, 9.17) is 11.6 Å². The highest BCUT2D eigenvalue weighted by molar-refractivity contribution is 9.10. The van der Waals surface area contributed by atoms with Crippen molar-refractivity contribution in [3.8, 4) is 0 Å². The molecule has 1 aromatic carbocycles. The van der Waals surface area contributed by atoms with Crippen molar-refractivity contribution in [1.82, 2.24) is 0 Å². The van der Waals surface area contributed by atoms with Gasteiger partial charge in [-0.15, -0.1) is 11.6 Å². The first-order chi connectivity index (χ1) is 8.15. The fourth-order valence-electron chi connectivity index (χ4n) is 2.58. The molecule has 1 fully saturated rings. The monoisotopic (exact) mass is 318 g/mol. The van der Waals surface area contributed by atoms with Crippen molar-refractivity contribution in [2.75, 3.05) is 0 Å². The summed E-state index contributed by atoms with van der Waals surface area (Å²) in [5.41, 5.74) is 0.823. The summed E-state index contributed by atoms with van der Waals surface area (Å²) >= 11 is 9.53.